The summed E-state index contributed by atoms with van der Waals surface area (Å²) in [5.41, 5.74) is 11.2. The minimum absolute atomic E-state index is 0.675. The maximum atomic E-state index is 5.21. The first kappa shape index (κ1) is 29.0. The summed E-state index contributed by atoms with van der Waals surface area (Å²) in [5.74, 6) is 0.675. The molecule has 9 aromatic rings. The van der Waals surface area contributed by atoms with Crippen LogP contribution in [0.4, 0.5) is 0 Å². The van der Waals surface area contributed by atoms with Gasteiger partial charge in [0.25, 0.3) is 0 Å². The summed E-state index contributed by atoms with van der Waals surface area (Å²) in [6.07, 6.45) is 1.87. The van der Waals surface area contributed by atoms with Crippen LogP contribution < -0.4 is 0 Å². The third-order valence-electron chi connectivity index (χ3n) is 8.93. The predicted molar refractivity (Wildman–Crippen MR) is 205 cm³/mol. The van der Waals surface area contributed by atoms with Gasteiger partial charge in [0.2, 0.25) is 0 Å². The van der Waals surface area contributed by atoms with Crippen molar-refractivity contribution in [2.45, 2.75) is 0 Å². The first-order valence-corrected chi connectivity index (χ1v) is 17.2. The van der Waals surface area contributed by atoms with Crippen LogP contribution in [-0.4, -0.2) is 15.0 Å². The maximum Gasteiger partial charge on any atom is 0.160 e. The van der Waals surface area contributed by atoms with Crippen molar-refractivity contribution in [1.82, 2.24) is 15.0 Å². The van der Waals surface area contributed by atoms with Gasteiger partial charge in [-0.2, -0.15) is 0 Å². The minimum atomic E-state index is 0.675. The van der Waals surface area contributed by atoms with E-state index in [0.717, 1.165) is 61.6 Å². The van der Waals surface area contributed by atoms with E-state index in [1.807, 2.05) is 41.8 Å². The number of nitrogens with zero attached hydrogens (tertiary/aromatic N) is 3. The molecule has 230 valence electrons. The molecule has 0 spiro atoms. The van der Waals surface area contributed by atoms with Gasteiger partial charge >= 0.3 is 0 Å². The lowest BCUT2D eigenvalue weighted by atomic mass is 9.94. The van der Waals surface area contributed by atoms with E-state index < -0.39 is 0 Å². The van der Waals surface area contributed by atoms with Gasteiger partial charge in [-0.15, -0.1) is 11.3 Å². The fraction of sp³-hybridized carbons (Fsp3) is 0. The molecular formula is C45H29N3S. The van der Waals surface area contributed by atoms with E-state index in [4.69, 9.17) is 15.0 Å². The standard InChI is InChI=1S/C45H29N3S/c1-4-13-30(14-5-1)34-25-35(31-15-6-2-7-16-31)27-36(26-34)40-29-41(48-45(47-40)32-17-8-3-9-18-32)38-20-12-24-46-44(38)33-22-23-43-39(28-33)37-19-10-11-21-42(37)49-43/h1-29H. The Morgan fingerprint density at radius 2 is 0.959 bits per heavy atom. The lowest BCUT2D eigenvalue weighted by Gasteiger charge is -2.14. The Kier molecular flexibility index (Phi) is 7.34. The van der Waals surface area contributed by atoms with E-state index in [2.05, 4.69) is 146 Å². The number of rotatable bonds is 6. The summed E-state index contributed by atoms with van der Waals surface area (Å²) in [6.45, 7) is 0. The molecule has 9 rings (SSSR count). The first-order chi connectivity index (χ1) is 24.3. The molecule has 0 unspecified atom stereocenters. The van der Waals surface area contributed by atoms with Crippen LogP contribution in [0.5, 0.6) is 0 Å². The highest BCUT2D eigenvalue weighted by Gasteiger charge is 2.17. The van der Waals surface area contributed by atoms with Crippen LogP contribution in [0.15, 0.2) is 176 Å². The topological polar surface area (TPSA) is 38.7 Å². The third kappa shape index (κ3) is 5.58. The third-order valence-corrected chi connectivity index (χ3v) is 10.1. The molecule has 0 aliphatic heterocycles. The van der Waals surface area contributed by atoms with Gasteiger partial charge in [-0.3, -0.25) is 4.98 Å². The summed E-state index contributed by atoms with van der Waals surface area (Å²) < 4.78 is 2.56. The highest BCUT2D eigenvalue weighted by Crippen LogP contribution is 2.39. The summed E-state index contributed by atoms with van der Waals surface area (Å²) in [7, 11) is 0. The minimum Gasteiger partial charge on any atom is -0.256 e. The Hall–Kier alpha value is -6.23. The van der Waals surface area contributed by atoms with Gasteiger partial charge in [0, 0.05) is 48.6 Å². The zero-order chi connectivity index (χ0) is 32.6. The maximum absolute atomic E-state index is 5.21. The van der Waals surface area contributed by atoms with Crippen LogP contribution in [0.1, 0.15) is 0 Å². The van der Waals surface area contributed by atoms with Crippen molar-refractivity contribution in [3.8, 4) is 67.4 Å². The molecule has 3 nitrogen and oxygen atoms in total. The van der Waals surface area contributed by atoms with E-state index >= 15 is 0 Å². The predicted octanol–water partition coefficient (Wildman–Crippen LogP) is 12.2. The molecule has 0 amide bonds. The fourth-order valence-corrected chi connectivity index (χ4v) is 7.62. The highest BCUT2D eigenvalue weighted by molar-refractivity contribution is 7.25. The molecule has 3 heterocycles. The number of pyridine rings is 1. The Labute approximate surface area is 288 Å². The Morgan fingerprint density at radius 3 is 1.67 bits per heavy atom. The van der Waals surface area contributed by atoms with Gasteiger partial charge in [-0.05, 0) is 76.9 Å². The van der Waals surface area contributed by atoms with Crippen LogP contribution >= 0.6 is 11.3 Å². The SMILES string of the molecule is c1ccc(-c2cc(-c3ccccc3)cc(-c3cc(-c4cccnc4-c4ccc5sc6ccccc6c5c4)nc(-c4ccccc4)n3)c2)cc1. The normalized spacial score (nSPS) is 11.3. The second kappa shape index (κ2) is 12.4. The quantitative estimate of drug-likeness (QED) is 0.181. The van der Waals surface area contributed by atoms with Gasteiger partial charge < -0.3 is 0 Å². The second-order valence-electron chi connectivity index (χ2n) is 12.1. The largest absolute Gasteiger partial charge is 0.256 e. The zero-order valence-electron chi connectivity index (χ0n) is 26.5. The Balaban J connectivity index is 1.25. The van der Waals surface area contributed by atoms with Gasteiger partial charge in [-0.1, -0.05) is 115 Å². The van der Waals surface area contributed by atoms with E-state index in [9.17, 15) is 0 Å². The van der Waals surface area contributed by atoms with Gasteiger partial charge in [0.05, 0.1) is 17.1 Å². The van der Waals surface area contributed by atoms with Gasteiger partial charge in [0.1, 0.15) is 0 Å². The molecule has 0 fully saturated rings. The molecule has 3 aromatic heterocycles. The molecule has 0 radical (unpaired) electrons. The molecule has 4 heteroatoms. The van der Waals surface area contributed by atoms with Crippen molar-refractivity contribution in [3.63, 3.8) is 0 Å². The molecule has 0 saturated heterocycles. The molecule has 0 bridgehead atoms. The summed E-state index contributed by atoms with van der Waals surface area (Å²) in [6, 6.07) is 59.5. The number of thiophene rings is 1. The number of hydrogen-bond donors (Lipinski definition) is 0. The molecule has 0 aliphatic carbocycles. The van der Waals surface area contributed by atoms with Crippen LogP contribution in [0.2, 0.25) is 0 Å². The Bertz CT molecular complexity index is 2540. The summed E-state index contributed by atoms with van der Waals surface area (Å²) in [4.78, 5) is 15.4. The molecular weight excluding hydrogens is 615 g/mol. The summed E-state index contributed by atoms with van der Waals surface area (Å²) in [5, 5.41) is 2.51. The van der Waals surface area contributed by atoms with Crippen LogP contribution in [-0.2, 0) is 0 Å². The van der Waals surface area contributed by atoms with Crippen molar-refractivity contribution >= 4 is 31.5 Å². The van der Waals surface area contributed by atoms with Gasteiger partial charge in [0.15, 0.2) is 5.82 Å². The van der Waals surface area contributed by atoms with Crippen molar-refractivity contribution in [2.24, 2.45) is 0 Å². The van der Waals surface area contributed by atoms with Crippen molar-refractivity contribution in [3.05, 3.63) is 176 Å². The van der Waals surface area contributed by atoms with Crippen LogP contribution in [0.25, 0.3) is 87.6 Å². The van der Waals surface area contributed by atoms with Crippen molar-refractivity contribution in [2.75, 3.05) is 0 Å². The van der Waals surface area contributed by atoms with Crippen LogP contribution in [0, 0.1) is 0 Å². The van der Waals surface area contributed by atoms with E-state index in [-0.39, 0.29) is 0 Å². The number of hydrogen-bond acceptors (Lipinski definition) is 4. The fourth-order valence-electron chi connectivity index (χ4n) is 6.53. The van der Waals surface area contributed by atoms with E-state index in [0.29, 0.717) is 5.82 Å². The second-order valence-corrected chi connectivity index (χ2v) is 13.2. The molecule has 0 saturated carbocycles. The first-order valence-electron chi connectivity index (χ1n) is 16.3. The Morgan fingerprint density at radius 1 is 0.367 bits per heavy atom. The molecule has 0 atom stereocenters. The lowest BCUT2D eigenvalue weighted by Crippen LogP contribution is -1.98. The zero-order valence-corrected chi connectivity index (χ0v) is 27.3. The van der Waals surface area contributed by atoms with Crippen LogP contribution in [0.3, 0.4) is 0 Å². The number of benzene rings is 6. The molecule has 49 heavy (non-hydrogen) atoms. The van der Waals surface area contributed by atoms with Crippen molar-refractivity contribution in [1.29, 1.82) is 0 Å². The average Bonchev–Trinajstić information content (AvgIpc) is 3.56. The van der Waals surface area contributed by atoms with Gasteiger partial charge in [-0.25, -0.2) is 9.97 Å². The number of fused-ring (bicyclic) bond motifs is 3. The smallest absolute Gasteiger partial charge is 0.160 e. The molecule has 0 aliphatic rings. The molecule has 0 N–H and O–H groups in total. The average molecular weight is 644 g/mol. The van der Waals surface area contributed by atoms with E-state index in [1.165, 1.54) is 20.2 Å². The molecule has 6 aromatic carbocycles. The number of aromatic nitrogens is 3. The highest BCUT2D eigenvalue weighted by atomic mass is 32.1. The lowest BCUT2D eigenvalue weighted by molar-refractivity contribution is 1.18. The van der Waals surface area contributed by atoms with E-state index in [1.54, 1.807) is 0 Å². The monoisotopic (exact) mass is 643 g/mol. The summed E-state index contributed by atoms with van der Waals surface area (Å²) >= 11 is 1.82. The van der Waals surface area contributed by atoms with Crippen molar-refractivity contribution < 1.29 is 0 Å².